The van der Waals surface area contributed by atoms with E-state index >= 15 is 0 Å². The molecule has 1 heterocycles. The molecule has 0 atom stereocenters. The molecule has 24 heavy (non-hydrogen) atoms. The third-order valence-corrected chi connectivity index (χ3v) is 4.01. The average Bonchev–Trinajstić information content (AvgIpc) is 3.08. The maximum absolute atomic E-state index is 7.56. The number of nitrogens with two attached hydrogens (primary N) is 1. The molecule has 0 aliphatic carbocycles. The van der Waals surface area contributed by atoms with Gasteiger partial charge in [-0.1, -0.05) is 29.3 Å². The molecule has 0 saturated heterocycles. The van der Waals surface area contributed by atoms with Gasteiger partial charge in [-0.3, -0.25) is 5.41 Å². The lowest BCUT2D eigenvalue weighted by Gasteiger charge is -2.13. The SMILES string of the molecule is N=C(N)c1ccc(OCc2c(Cl)cccc2Cl)c(-n2cnnn2)c1. The molecule has 0 unspecified atom stereocenters. The quantitative estimate of drug-likeness (QED) is 0.536. The van der Waals surface area contributed by atoms with Crippen molar-refractivity contribution in [2.75, 3.05) is 0 Å². The number of benzene rings is 2. The van der Waals surface area contributed by atoms with Gasteiger partial charge in [-0.25, -0.2) is 0 Å². The number of nitrogens with one attached hydrogen (secondary N) is 1. The number of ether oxygens (including phenoxy) is 1. The molecule has 0 fully saturated rings. The summed E-state index contributed by atoms with van der Waals surface area (Å²) in [6, 6.07) is 10.3. The van der Waals surface area contributed by atoms with Crippen LogP contribution in [-0.4, -0.2) is 26.0 Å². The summed E-state index contributed by atoms with van der Waals surface area (Å²) in [5.74, 6) is 0.438. The molecule has 0 spiro atoms. The fourth-order valence-electron chi connectivity index (χ4n) is 2.08. The molecular formula is C15H12Cl2N6O. The Balaban J connectivity index is 1.94. The fourth-order valence-corrected chi connectivity index (χ4v) is 2.58. The fraction of sp³-hybridized carbons (Fsp3) is 0.0667. The van der Waals surface area contributed by atoms with Crippen LogP contribution in [0.1, 0.15) is 11.1 Å². The van der Waals surface area contributed by atoms with Crippen LogP contribution in [0.4, 0.5) is 0 Å². The van der Waals surface area contributed by atoms with E-state index in [1.165, 1.54) is 11.0 Å². The van der Waals surface area contributed by atoms with Gasteiger partial charge in [0.25, 0.3) is 0 Å². The van der Waals surface area contributed by atoms with Crippen LogP contribution in [0.15, 0.2) is 42.7 Å². The second-order valence-corrected chi connectivity index (χ2v) is 5.65. The van der Waals surface area contributed by atoms with E-state index in [-0.39, 0.29) is 12.4 Å². The Morgan fingerprint density at radius 1 is 1.21 bits per heavy atom. The van der Waals surface area contributed by atoms with Crippen LogP contribution in [0.5, 0.6) is 5.75 Å². The molecular weight excluding hydrogens is 351 g/mol. The molecule has 122 valence electrons. The van der Waals surface area contributed by atoms with Crippen LogP contribution >= 0.6 is 23.2 Å². The third-order valence-electron chi connectivity index (χ3n) is 3.30. The van der Waals surface area contributed by atoms with Gasteiger partial charge in [0.2, 0.25) is 0 Å². The maximum atomic E-state index is 7.56. The van der Waals surface area contributed by atoms with Gasteiger partial charge in [-0.2, -0.15) is 4.68 Å². The van der Waals surface area contributed by atoms with Crippen molar-refractivity contribution in [3.05, 3.63) is 63.9 Å². The van der Waals surface area contributed by atoms with Gasteiger partial charge >= 0.3 is 0 Å². The van der Waals surface area contributed by atoms with Crippen molar-refractivity contribution in [3.8, 4) is 11.4 Å². The molecule has 3 rings (SSSR count). The number of amidine groups is 1. The van der Waals surface area contributed by atoms with E-state index in [1.54, 1.807) is 36.4 Å². The molecule has 7 nitrogen and oxygen atoms in total. The zero-order valence-corrected chi connectivity index (χ0v) is 13.8. The van der Waals surface area contributed by atoms with Gasteiger partial charge in [-0.15, -0.1) is 5.10 Å². The Morgan fingerprint density at radius 2 is 1.96 bits per heavy atom. The Bertz CT molecular complexity index is 861. The summed E-state index contributed by atoms with van der Waals surface area (Å²) in [6.45, 7) is 0.174. The van der Waals surface area contributed by atoms with Gasteiger partial charge in [0.05, 0.1) is 0 Å². The minimum absolute atomic E-state index is 0.0648. The summed E-state index contributed by atoms with van der Waals surface area (Å²) >= 11 is 12.3. The smallest absolute Gasteiger partial charge is 0.145 e. The molecule has 0 amide bonds. The molecule has 3 N–H and O–H groups in total. The third kappa shape index (κ3) is 3.32. The van der Waals surface area contributed by atoms with Crippen molar-refractivity contribution in [2.24, 2.45) is 5.73 Å². The number of nitrogens with zero attached hydrogens (tertiary/aromatic N) is 4. The number of nitrogen functional groups attached to an aromatic ring is 1. The maximum Gasteiger partial charge on any atom is 0.145 e. The first-order chi connectivity index (χ1) is 11.6. The number of hydrogen-bond donors (Lipinski definition) is 2. The summed E-state index contributed by atoms with van der Waals surface area (Å²) < 4.78 is 7.27. The number of rotatable bonds is 5. The lowest BCUT2D eigenvalue weighted by molar-refractivity contribution is 0.304. The average molecular weight is 363 g/mol. The van der Waals surface area contributed by atoms with Crippen LogP contribution in [0, 0.1) is 5.41 Å². The lowest BCUT2D eigenvalue weighted by Crippen LogP contribution is -2.12. The molecule has 3 aromatic rings. The highest BCUT2D eigenvalue weighted by Crippen LogP contribution is 2.28. The van der Waals surface area contributed by atoms with E-state index in [0.717, 1.165) is 0 Å². The topological polar surface area (TPSA) is 103 Å². The van der Waals surface area contributed by atoms with E-state index in [4.69, 9.17) is 39.1 Å². The van der Waals surface area contributed by atoms with Crippen molar-refractivity contribution in [2.45, 2.75) is 6.61 Å². The summed E-state index contributed by atoms with van der Waals surface area (Å²) in [6.07, 6.45) is 1.43. The van der Waals surface area contributed by atoms with E-state index in [0.29, 0.717) is 32.6 Å². The summed E-state index contributed by atoms with van der Waals surface area (Å²) in [7, 11) is 0. The molecule has 2 aromatic carbocycles. The van der Waals surface area contributed by atoms with Crippen LogP contribution < -0.4 is 10.5 Å². The Kier molecular flexibility index (Phi) is 4.64. The molecule has 0 saturated carbocycles. The van der Waals surface area contributed by atoms with Gasteiger partial charge < -0.3 is 10.5 Å². The van der Waals surface area contributed by atoms with E-state index in [9.17, 15) is 0 Å². The molecule has 1 aromatic heterocycles. The van der Waals surface area contributed by atoms with Crippen molar-refractivity contribution in [1.29, 1.82) is 5.41 Å². The molecule has 9 heteroatoms. The zero-order chi connectivity index (χ0) is 17.1. The Hall–Kier alpha value is -2.64. The first kappa shape index (κ1) is 16.2. The van der Waals surface area contributed by atoms with Crippen molar-refractivity contribution in [1.82, 2.24) is 20.2 Å². The first-order valence-electron chi connectivity index (χ1n) is 6.84. The summed E-state index contributed by atoms with van der Waals surface area (Å²) in [5, 5.41) is 19.7. The number of aromatic nitrogens is 4. The Labute approximate surface area is 147 Å². The van der Waals surface area contributed by atoms with E-state index in [2.05, 4.69) is 15.5 Å². The molecule has 0 aliphatic rings. The van der Waals surface area contributed by atoms with E-state index < -0.39 is 0 Å². The second kappa shape index (κ2) is 6.86. The Morgan fingerprint density at radius 3 is 2.58 bits per heavy atom. The lowest BCUT2D eigenvalue weighted by atomic mass is 10.1. The number of halogens is 2. The molecule has 0 aliphatic heterocycles. The highest BCUT2D eigenvalue weighted by Gasteiger charge is 2.12. The van der Waals surface area contributed by atoms with Gasteiger partial charge in [-0.05, 0) is 40.8 Å². The number of tetrazole rings is 1. The highest BCUT2D eigenvalue weighted by molar-refractivity contribution is 6.35. The highest BCUT2D eigenvalue weighted by atomic mass is 35.5. The standard InChI is InChI=1S/C15H12Cl2N6O/c16-11-2-1-3-12(17)10(11)7-24-14-5-4-9(15(18)19)6-13(14)23-8-20-21-22-23/h1-6,8H,7H2,(H3,18,19). The normalized spacial score (nSPS) is 10.6. The largest absolute Gasteiger partial charge is 0.487 e. The van der Waals surface area contributed by atoms with Gasteiger partial charge in [0, 0.05) is 21.2 Å². The molecule has 0 radical (unpaired) electrons. The van der Waals surface area contributed by atoms with Gasteiger partial charge in [0.1, 0.15) is 30.2 Å². The van der Waals surface area contributed by atoms with Crippen LogP contribution in [0.25, 0.3) is 5.69 Å². The summed E-state index contributed by atoms with van der Waals surface area (Å²) in [5.41, 5.74) is 7.30. The van der Waals surface area contributed by atoms with Crippen LogP contribution in [-0.2, 0) is 6.61 Å². The zero-order valence-electron chi connectivity index (χ0n) is 12.3. The van der Waals surface area contributed by atoms with Crippen molar-refractivity contribution >= 4 is 29.0 Å². The monoisotopic (exact) mass is 362 g/mol. The first-order valence-corrected chi connectivity index (χ1v) is 7.59. The second-order valence-electron chi connectivity index (χ2n) is 4.84. The van der Waals surface area contributed by atoms with Gasteiger partial charge in [0.15, 0.2) is 0 Å². The molecule has 0 bridgehead atoms. The van der Waals surface area contributed by atoms with Crippen LogP contribution in [0.2, 0.25) is 10.0 Å². The van der Waals surface area contributed by atoms with Crippen LogP contribution in [0.3, 0.4) is 0 Å². The predicted octanol–water partition coefficient (Wildman–Crippen LogP) is 2.83. The van der Waals surface area contributed by atoms with Crippen molar-refractivity contribution < 1.29 is 4.74 Å². The predicted molar refractivity (Wildman–Crippen MR) is 91.0 cm³/mol. The summed E-state index contributed by atoms with van der Waals surface area (Å²) in [4.78, 5) is 0. The number of hydrogen-bond acceptors (Lipinski definition) is 5. The minimum Gasteiger partial charge on any atom is -0.487 e. The van der Waals surface area contributed by atoms with Crippen molar-refractivity contribution in [3.63, 3.8) is 0 Å². The van der Waals surface area contributed by atoms with E-state index in [1.807, 2.05) is 0 Å². The minimum atomic E-state index is -0.0648.